The van der Waals surface area contributed by atoms with Crippen LogP contribution in [0.3, 0.4) is 0 Å². The molecule has 0 unspecified atom stereocenters. The van der Waals surface area contributed by atoms with Gasteiger partial charge in [-0.25, -0.2) is 4.99 Å². The first-order valence-corrected chi connectivity index (χ1v) is 11.8. The van der Waals surface area contributed by atoms with E-state index in [1.807, 2.05) is 0 Å². The van der Waals surface area contributed by atoms with E-state index in [0.717, 1.165) is 34.2 Å². The standard InChI is InChI=1S/C29H34N4/c1-14-15(2)24-11-25-18(5)19(6)28(32-25)13-29(9)21(8)20(7)27(33-29)12-26-17(4)16(3)23(31-26)10-22(14)30-24/h10-12,30,32H,13H2,1-9H3/b22-10-,24-11-,26-12-/t29-/m0/s1. The Morgan fingerprint density at radius 2 is 1.36 bits per heavy atom. The van der Waals surface area contributed by atoms with Gasteiger partial charge in [-0.2, -0.15) is 0 Å². The van der Waals surface area contributed by atoms with Crippen LogP contribution in [0, 0.1) is 27.7 Å². The third kappa shape index (κ3) is 3.18. The summed E-state index contributed by atoms with van der Waals surface area (Å²) >= 11 is 0. The average Bonchev–Trinajstić information content (AvgIpc) is 3.36. The summed E-state index contributed by atoms with van der Waals surface area (Å²) in [6, 6.07) is 0. The van der Waals surface area contributed by atoms with Gasteiger partial charge in [-0.3, -0.25) is 4.99 Å². The van der Waals surface area contributed by atoms with Gasteiger partial charge in [0, 0.05) is 28.5 Å². The smallest absolute Gasteiger partial charge is 0.0854 e. The lowest BCUT2D eigenvalue weighted by Gasteiger charge is -2.23. The third-order valence-electron chi connectivity index (χ3n) is 8.40. The lowest BCUT2D eigenvalue weighted by Crippen LogP contribution is -2.25. The van der Waals surface area contributed by atoms with Crippen LogP contribution in [-0.2, 0) is 6.42 Å². The van der Waals surface area contributed by atoms with E-state index in [1.165, 1.54) is 55.9 Å². The molecule has 4 heteroatoms. The maximum absolute atomic E-state index is 5.26. The minimum Gasteiger partial charge on any atom is -0.358 e. The van der Waals surface area contributed by atoms with Crippen LogP contribution in [-0.4, -0.2) is 26.9 Å². The number of hydrogen-bond acceptors (Lipinski definition) is 2. The normalized spacial score (nSPS) is 25.9. The van der Waals surface area contributed by atoms with Crippen molar-refractivity contribution in [3.63, 3.8) is 0 Å². The number of H-pyrrole nitrogens is 2. The molecule has 3 aliphatic heterocycles. The van der Waals surface area contributed by atoms with Crippen molar-refractivity contribution in [1.82, 2.24) is 9.97 Å². The second kappa shape index (κ2) is 7.18. The molecule has 5 rings (SSSR count). The molecule has 8 bridgehead atoms. The fraction of sp³-hybridized carbons (Fsp3) is 0.379. The number of nitrogens with one attached hydrogen (secondary N) is 2. The largest absolute Gasteiger partial charge is 0.358 e. The van der Waals surface area contributed by atoms with Gasteiger partial charge in [0.25, 0.3) is 0 Å². The van der Waals surface area contributed by atoms with Crippen molar-refractivity contribution in [2.75, 3.05) is 0 Å². The Hall–Kier alpha value is -3.14. The van der Waals surface area contributed by atoms with Crippen molar-refractivity contribution < 1.29 is 0 Å². The Balaban J connectivity index is 1.84. The van der Waals surface area contributed by atoms with Crippen LogP contribution in [0.2, 0.25) is 0 Å². The maximum atomic E-state index is 5.26. The highest BCUT2D eigenvalue weighted by molar-refractivity contribution is 6.23. The third-order valence-corrected chi connectivity index (χ3v) is 8.40. The van der Waals surface area contributed by atoms with Crippen LogP contribution in [0.25, 0.3) is 12.2 Å². The highest BCUT2D eigenvalue weighted by Gasteiger charge is 2.35. The minimum atomic E-state index is -0.261. The molecular formula is C29H34N4. The molecule has 0 aliphatic carbocycles. The first kappa shape index (κ1) is 21.7. The summed E-state index contributed by atoms with van der Waals surface area (Å²) in [4.78, 5) is 17.7. The van der Waals surface area contributed by atoms with Gasteiger partial charge < -0.3 is 9.97 Å². The van der Waals surface area contributed by atoms with Gasteiger partial charge >= 0.3 is 0 Å². The zero-order valence-corrected chi connectivity index (χ0v) is 21.3. The summed E-state index contributed by atoms with van der Waals surface area (Å²) in [6.07, 6.45) is 7.48. The molecular weight excluding hydrogens is 404 g/mol. The molecule has 0 amide bonds. The molecule has 170 valence electrons. The number of aliphatic imine (C=N–C) groups is 2. The molecule has 3 aliphatic rings. The Morgan fingerprint density at radius 3 is 2.06 bits per heavy atom. The Morgan fingerprint density at radius 1 is 0.697 bits per heavy atom. The molecule has 0 spiro atoms. The van der Waals surface area contributed by atoms with Crippen LogP contribution < -0.4 is 10.7 Å². The zero-order chi connectivity index (χ0) is 23.8. The van der Waals surface area contributed by atoms with Crippen molar-refractivity contribution in [3.8, 4) is 0 Å². The van der Waals surface area contributed by atoms with Crippen LogP contribution in [0.4, 0.5) is 0 Å². The number of nitrogens with zero attached hydrogens (tertiary/aromatic N) is 2. The van der Waals surface area contributed by atoms with Crippen LogP contribution in [0.15, 0.2) is 44.1 Å². The lowest BCUT2D eigenvalue weighted by atomic mass is 9.87. The summed E-state index contributed by atoms with van der Waals surface area (Å²) < 4.78 is 0. The molecule has 0 saturated heterocycles. The van der Waals surface area contributed by atoms with Crippen molar-refractivity contribution in [2.45, 2.75) is 74.3 Å². The predicted molar refractivity (Wildman–Crippen MR) is 140 cm³/mol. The van der Waals surface area contributed by atoms with Crippen LogP contribution >= 0.6 is 0 Å². The SMILES string of the molecule is CC1=C(C)/C2=C/C3=N[C@@](C)(Cc4[nH]c(c(C)c4C)/C=c4\[nH]/c(c(C)c4C)=C\C1=N2)C(C)=C3C. The second-order valence-corrected chi connectivity index (χ2v) is 10.2. The Labute approximate surface area is 196 Å². The number of rotatable bonds is 0. The van der Waals surface area contributed by atoms with E-state index in [4.69, 9.17) is 9.98 Å². The molecule has 2 aromatic heterocycles. The van der Waals surface area contributed by atoms with E-state index in [2.05, 4.69) is 90.5 Å². The number of hydrogen-bond donors (Lipinski definition) is 2. The van der Waals surface area contributed by atoms with Gasteiger partial charge in [-0.05, 0) is 125 Å². The quantitative estimate of drug-likeness (QED) is 0.584. The highest BCUT2D eigenvalue weighted by atomic mass is 14.9. The molecule has 0 saturated carbocycles. The first-order valence-electron chi connectivity index (χ1n) is 11.8. The van der Waals surface area contributed by atoms with E-state index in [0.29, 0.717) is 0 Å². The molecule has 0 aromatic carbocycles. The summed E-state index contributed by atoms with van der Waals surface area (Å²) in [7, 11) is 0. The molecule has 5 heterocycles. The van der Waals surface area contributed by atoms with Gasteiger partial charge in [0.2, 0.25) is 0 Å². The first-order chi connectivity index (χ1) is 15.5. The molecule has 2 aromatic rings. The van der Waals surface area contributed by atoms with Gasteiger partial charge in [0.05, 0.1) is 22.7 Å². The van der Waals surface area contributed by atoms with Crippen molar-refractivity contribution in [2.24, 2.45) is 9.98 Å². The maximum Gasteiger partial charge on any atom is 0.0854 e. The van der Waals surface area contributed by atoms with E-state index < -0.39 is 0 Å². The predicted octanol–water partition coefficient (Wildman–Crippen LogP) is 4.97. The van der Waals surface area contributed by atoms with Gasteiger partial charge in [0.15, 0.2) is 0 Å². The van der Waals surface area contributed by atoms with Gasteiger partial charge in [0.1, 0.15) is 0 Å². The van der Waals surface area contributed by atoms with Gasteiger partial charge in [-0.1, -0.05) is 0 Å². The topological polar surface area (TPSA) is 56.3 Å². The number of aromatic nitrogens is 2. The zero-order valence-electron chi connectivity index (χ0n) is 21.3. The van der Waals surface area contributed by atoms with E-state index in [-0.39, 0.29) is 5.54 Å². The summed E-state index contributed by atoms with van der Waals surface area (Å²) in [5.74, 6) is 0. The van der Waals surface area contributed by atoms with Crippen molar-refractivity contribution in [3.05, 3.63) is 78.4 Å². The van der Waals surface area contributed by atoms with E-state index >= 15 is 0 Å². The molecule has 4 nitrogen and oxygen atoms in total. The second-order valence-electron chi connectivity index (χ2n) is 10.2. The van der Waals surface area contributed by atoms with E-state index in [9.17, 15) is 0 Å². The number of allylic oxidation sites excluding steroid dienone is 4. The summed E-state index contributed by atoms with van der Waals surface area (Å²) in [5, 5.41) is 2.27. The average molecular weight is 439 g/mol. The lowest BCUT2D eigenvalue weighted by molar-refractivity contribution is 0.551. The molecule has 0 fully saturated rings. The number of aromatic amines is 2. The molecule has 2 N–H and O–H groups in total. The Bertz CT molecular complexity index is 1510. The fourth-order valence-electron chi connectivity index (χ4n) is 5.18. The summed E-state index contributed by atoms with van der Waals surface area (Å²) in [6.45, 7) is 19.8. The Kier molecular flexibility index (Phi) is 4.72. The monoisotopic (exact) mass is 438 g/mol. The minimum absolute atomic E-state index is 0.261. The molecule has 1 atom stereocenters. The van der Waals surface area contributed by atoms with E-state index in [1.54, 1.807) is 0 Å². The molecule has 0 radical (unpaired) electrons. The van der Waals surface area contributed by atoms with Crippen molar-refractivity contribution >= 4 is 23.6 Å². The summed E-state index contributed by atoms with van der Waals surface area (Å²) in [5.41, 5.74) is 15.5. The fourth-order valence-corrected chi connectivity index (χ4v) is 5.18. The van der Waals surface area contributed by atoms with Crippen LogP contribution in [0.1, 0.15) is 68.3 Å². The molecule has 33 heavy (non-hydrogen) atoms. The number of fused-ring (bicyclic) bond motifs is 6. The van der Waals surface area contributed by atoms with Crippen molar-refractivity contribution in [1.29, 1.82) is 0 Å². The van der Waals surface area contributed by atoms with Crippen LogP contribution in [0.5, 0.6) is 0 Å². The van der Waals surface area contributed by atoms with Gasteiger partial charge in [-0.15, -0.1) is 0 Å². The highest BCUT2D eigenvalue weighted by Crippen LogP contribution is 2.37.